The summed E-state index contributed by atoms with van der Waals surface area (Å²) >= 11 is 9.11. The Labute approximate surface area is 126 Å². The van der Waals surface area contributed by atoms with Crippen LogP contribution < -0.4 is 5.32 Å². The Balaban J connectivity index is 1.92. The van der Waals surface area contributed by atoms with Crippen LogP contribution in [0.2, 0.25) is 0 Å². The number of halogens is 2. The summed E-state index contributed by atoms with van der Waals surface area (Å²) in [6.07, 6.45) is 3.48. The highest BCUT2D eigenvalue weighted by molar-refractivity contribution is 9.10. The van der Waals surface area contributed by atoms with Crippen LogP contribution in [0.1, 0.15) is 29.6 Å². The van der Waals surface area contributed by atoms with Crippen LogP contribution in [0, 0.1) is 11.8 Å². The summed E-state index contributed by atoms with van der Waals surface area (Å²) in [5.74, 6) is 1.58. The Bertz CT molecular complexity index is 467. The topological polar surface area (TPSA) is 49.3 Å². The van der Waals surface area contributed by atoms with Gasteiger partial charge in [0, 0.05) is 18.0 Å². The predicted octanol–water partition coefficient (Wildman–Crippen LogP) is 3.54. The van der Waals surface area contributed by atoms with E-state index in [4.69, 9.17) is 11.6 Å². The quantitative estimate of drug-likeness (QED) is 0.819. The van der Waals surface area contributed by atoms with E-state index in [1.807, 2.05) is 0 Å². The maximum Gasteiger partial charge on any atom is 0.251 e. The number of amides is 1. The maximum absolute atomic E-state index is 12.0. The molecule has 5 heteroatoms. The normalized spacial score (nSPS) is 22.4. The molecule has 1 aromatic carbocycles. The molecule has 3 nitrogen and oxygen atoms in total. The third-order valence-corrected chi connectivity index (χ3v) is 4.81. The highest BCUT2D eigenvalue weighted by Crippen LogP contribution is 2.32. The summed E-state index contributed by atoms with van der Waals surface area (Å²) in [5, 5.41) is 12.5. The number of hydrogen-bond acceptors (Lipinski definition) is 2. The van der Waals surface area contributed by atoms with Gasteiger partial charge in [0.15, 0.2) is 0 Å². The monoisotopic (exact) mass is 345 g/mol. The number of nitrogens with one attached hydrogen (secondary N) is 1. The molecule has 1 aromatic rings. The zero-order chi connectivity index (χ0) is 13.8. The second-order valence-electron chi connectivity index (χ2n) is 4.98. The SMILES string of the molecule is O=C(NCC1CCCC1CCl)c1ccc(Br)c(O)c1. The molecule has 2 rings (SSSR count). The van der Waals surface area contributed by atoms with Crippen LogP contribution in [0.25, 0.3) is 0 Å². The standard InChI is InChI=1S/C14H17BrClNO2/c15-12-5-4-9(6-13(12)18)14(19)17-8-11-3-1-2-10(11)7-16/h4-6,10-11,18H,1-3,7-8H2,(H,17,19). The lowest BCUT2D eigenvalue weighted by Crippen LogP contribution is -2.31. The minimum atomic E-state index is -0.150. The number of phenols is 1. The molecule has 1 aliphatic carbocycles. The number of rotatable bonds is 4. The van der Waals surface area contributed by atoms with E-state index >= 15 is 0 Å². The first-order valence-electron chi connectivity index (χ1n) is 6.44. The molecular weight excluding hydrogens is 330 g/mol. The zero-order valence-corrected chi connectivity index (χ0v) is 12.9. The van der Waals surface area contributed by atoms with Crippen LogP contribution >= 0.6 is 27.5 Å². The van der Waals surface area contributed by atoms with Crippen molar-refractivity contribution in [1.29, 1.82) is 0 Å². The van der Waals surface area contributed by atoms with Gasteiger partial charge in [0.1, 0.15) is 5.75 Å². The molecule has 1 fully saturated rings. The molecule has 2 N–H and O–H groups in total. The van der Waals surface area contributed by atoms with E-state index in [-0.39, 0.29) is 11.7 Å². The van der Waals surface area contributed by atoms with Crippen LogP contribution in [0.3, 0.4) is 0 Å². The van der Waals surface area contributed by atoms with Gasteiger partial charge < -0.3 is 10.4 Å². The summed E-state index contributed by atoms with van der Waals surface area (Å²) < 4.78 is 0.585. The van der Waals surface area contributed by atoms with E-state index in [2.05, 4.69) is 21.2 Å². The predicted molar refractivity (Wildman–Crippen MR) is 79.7 cm³/mol. The van der Waals surface area contributed by atoms with E-state index in [0.717, 1.165) is 12.8 Å². The van der Waals surface area contributed by atoms with Crippen LogP contribution in [0.5, 0.6) is 5.75 Å². The van der Waals surface area contributed by atoms with Gasteiger partial charge in [-0.1, -0.05) is 6.42 Å². The smallest absolute Gasteiger partial charge is 0.251 e. The van der Waals surface area contributed by atoms with Gasteiger partial charge in [-0.25, -0.2) is 0 Å². The molecule has 0 saturated heterocycles. The Hall–Kier alpha value is -0.740. The average Bonchev–Trinajstić information content (AvgIpc) is 2.86. The summed E-state index contributed by atoms with van der Waals surface area (Å²) in [5.41, 5.74) is 0.473. The van der Waals surface area contributed by atoms with Gasteiger partial charge in [-0.15, -0.1) is 11.6 Å². The fourth-order valence-corrected chi connectivity index (χ4v) is 3.22. The molecular formula is C14H17BrClNO2. The van der Waals surface area contributed by atoms with Crippen molar-refractivity contribution in [2.24, 2.45) is 11.8 Å². The molecule has 1 amide bonds. The van der Waals surface area contributed by atoms with Crippen LogP contribution in [0.4, 0.5) is 0 Å². The number of alkyl halides is 1. The van der Waals surface area contributed by atoms with Crippen LogP contribution in [-0.2, 0) is 0 Å². The van der Waals surface area contributed by atoms with E-state index in [0.29, 0.717) is 34.3 Å². The maximum atomic E-state index is 12.0. The van der Waals surface area contributed by atoms with E-state index in [1.54, 1.807) is 12.1 Å². The van der Waals surface area contributed by atoms with Gasteiger partial charge in [-0.3, -0.25) is 4.79 Å². The molecule has 2 atom stereocenters. The molecule has 0 aliphatic heterocycles. The fourth-order valence-electron chi connectivity index (χ4n) is 2.57. The molecule has 0 spiro atoms. The number of phenolic OH excluding ortho intramolecular Hbond substituents is 1. The van der Waals surface area contributed by atoms with E-state index in [1.165, 1.54) is 12.5 Å². The number of hydrogen-bond donors (Lipinski definition) is 2. The van der Waals surface area contributed by atoms with Crippen molar-refractivity contribution in [1.82, 2.24) is 5.32 Å². The Morgan fingerprint density at radius 3 is 2.84 bits per heavy atom. The fraction of sp³-hybridized carbons (Fsp3) is 0.500. The summed E-state index contributed by atoms with van der Waals surface area (Å²) in [4.78, 5) is 12.0. The molecule has 0 radical (unpaired) electrons. The van der Waals surface area contributed by atoms with Crippen LogP contribution in [-0.4, -0.2) is 23.4 Å². The van der Waals surface area contributed by atoms with E-state index < -0.39 is 0 Å². The van der Waals surface area contributed by atoms with Crippen LogP contribution in [0.15, 0.2) is 22.7 Å². The Morgan fingerprint density at radius 1 is 1.42 bits per heavy atom. The Kier molecular flexibility index (Phi) is 5.11. The molecule has 0 bridgehead atoms. The lowest BCUT2D eigenvalue weighted by molar-refractivity contribution is 0.0944. The van der Waals surface area contributed by atoms with Gasteiger partial charge in [0.05, 0.1) is 4.47 Å². The first-order chi connectivity index (χ1) is 9.11. The van der Waals surface area contributed by atoms with Crippen molar-refractivity contribution in [2.75, 3.05) is 12.4 Å². The molecule has 2 unspecified atom stereocenters. The van der Waals surface area contributed by atoms with Gasteiger partial charge in [-0.2, -0.15) is 0 Å². The second-order valence-corrected chi connectivity index (χ2v) is 6.14. The van der Waals surface area contributed by atoms with Gasteiger partial charge in [0.25, 0.3) is 5.91 Å². The molecule has 19 heavy (non-hydrogen) atoms. The lowest BCUT2D eigenvalue weighted by atomic mass is 9.98. The summed E-state index contributed by atoms with van der Waals surface area (Å²) in [6.45, 7) is 0.660. The second kappa shape index (κ2) is 6.62. The molecule has 1 saturated carbocycles. The molecule has 0 aromatic heterocycles. The minimum absolute atomic E-state index is 0.0761. The third-order valence-electron chi connectivity index (χ3n) is 3.75. The molecule has 0 heterocycles. The highest BCUT2D eigenvalue weighted by Gasteiger charge is 2.26. The summed E-state index contributed by atoms with van der Waals surface area (Å²) in [7, 11) is 0. The first kappa shape index (κ1) is 14.7. The summed E-state index contributed by atoms with van der Waals surface area (Å²) in [6, 6.07) is 4.82. The highest BCUT2D eigenvalue weighted by atomic mass is 79.9. The number of aromatic hydroxyl groups is 1. The van der Waals surface area contributed by atoms with E-state index in [9.17, 15) is 9.90 Å². The average molecular weight is 347 g/mol. The number of carbonyl (C=O) groups is 1. The third kappa shape index (κ3) is 3.63. The molecule has 1 aliphatic rings. The van der Waals surface area contributed by atoms with Crippen molar-refractivity contribution in [3.63, 3.8) is 0 Å². The van der Waals surface area contributed by atoms with Crippen molar-refractivity contribution >= 4 is 33.4 Å². The minimum Gasteiger partial charge on any atom is -0.507 e. The van der Waals surface area contributed by atoms with Crippen molar-refractivity contribution in [3.05, 3.63) is 28.2 Å². The molecule has 104 valence electrons. The van der Waals surface area contributed by atoms with Crippen molar-refractivity contribution < 1.29 is 9.90 Å². The van der Waals surface area contributed by atoms with Crippen molar-refractivity contribution in [3.8, 4) is 5.75 Å². The number of benzene rings is 1. The van der Waals surface area contributed by atoms with Gasteiger partial charge in [0.2, 0.25) is 0 Å². The van der Waals surface area contributed by atoms with Gasteiger partial charge >= 0.3 is 0 Å². The largest absolute Gasteiger partial charge is 0.507 e. The zero-order valence-electron chi connectivity index (χ0n) is 10.5. The number of carbonyl (C=O) groups excluding carboxylic acids is 1. The first-order valence-corrected chi connectivity index (χ1v) is 7.77. The van der Waals surface area contributed by atoms with Gasteiger partial charge in [-0.05, 0) is 58.8 Å². The van der Waals surface area contributed by atoms with Crippen molar-refractivity contribution in [2.45, 2.75) is 19.3 Å². The lowest BCUT2D eigenvalue weighted by Gasteiger charge is -2.17. The Morgan fingerprint density at radius 2 is 2.16 bits per heavy atom.